The Hall–Kier alpha value is -1.36. The van der Waals surface area contributed by atoms with Crippen LogP contribution in [0.15, 0.2) is 18.2 Å². The average Bonchev–Trinajstić information content (AvgIpc) is 2.82. The molecule has 1 aromatic carbocycles. The summed E-state index contributed by atoms with van der Waals surface area (Å²) in [4.78, 5) is 10.9. The number of thioether (sulfide) groups is 1. The summed E-state index contributed by atoms with van der Waals surface area (Å²) in [5.41, 5.74) is 0.932. The van der Waals surface area contributed by atoms with Crippen LogP contribution in [0.25, 0.3) is 0 Å². The second kappa shape index (κ2) is 6.70. The standard InChI is InChI=1S/C14H18O4S/c1-2-19-7-3-6-17-11-5-4-10-8-13(14(15)16)18-12(10)9-11/h4-5,9,13H,2-3,6-8H2,1H3,(H,15,16). The molecule has 2 rings (SSSR count). The van der Waals surface area contributed by atoms with E-state index in [4.69, 9.17) is 14.6 Å². The molecule has 0 saturated heterocycles. The molecule has 1 aliphatic heterocycles. The van der Waals surface area contributed by atoms with E-state index in [1.807, 2.05) is 23.9 Å². The van der Waals surface area contributed by atoms with E-state index in [0.29, 0.717) is 18.8 Å². The second-order valence-electron chi connectivity index (χ2n) is 4.32. The highest BCUT2D eigenvalue weighted by molar-refractivity contribution is 7.99. The van der Waals surface area contributed by atoms with Crippen molar-refractivity contribution in [2.45, 2.75) is 25.9 Å². The van der Waals surface area contributed by atoms with Gasteiger partial charge >= 0.3 is 5.97 Å². The SMILES string of the molecule is CCSCCCOc1ccc2c(c1)OC(C(=O)O)C2. The summed E-state index contributed by atoms with van der Waals surface area (Å²) in [5, 5.41) is 8.92. The molecule has 0 aromatic heterocycles. The average molecular weight is 282 g/mol. The van der Waals surface area contributed by atoms with E-state index < -0.39 is 12.1 Å². The van der Waals surface area contributed by atoms with Crippen LogP contribution in [0.4, 0.5) is 0 Å². The minimum absolute atomic E-state index is 0.429. The summed E-state index contributed by atoms with van der Waals surface area (Å²) in [6.45, 7) is 2.82. The molecule has 19 heavy (non-hydrogen) atoms. The molecule has 0 spiro atoms. The monoisotopic (exact) mass is 282 g/mol. The molecule has 5 heteroatoms. The van der Waals surface area contributed by atoms with Crippen LogP contribution in [0, 0.1) is 0 Å². The summed E-state index contributed by atoms with van der Waals surface area (Å²) in [6.07, 6.45) is 0.679. The zero-order valence-electron chi connectivity index (χ0n) is 10.9. The number of hydrogen-bond acceptors (Lipinski definition) is 4. The lowest BCUT2D eigenvalue weighted by molar-refractivity contribution is -0.144. The first-order valence-electron chi connectivity index (χ1n) is 6.43. The zero-order valence-corrected chi connectivity index (χ0v) is 11.7. The smallest absolute Gasteiger partial charge is 0.345 e. The molecular weight excluding hydrogens is 264 g/mol. The van der Waals surface area contributed by atoms with E-state index in [1.54, 1.807) is 6.07 Å². The van der Waals surface area contributed by atoms with E-state index in [1.165, 1.54) is 0 Å². The van der Waals surface area contributed by atoms with Gasteiger partial charge in [-0.3, -0.25) is 0 Å². The van der Waals surface area contributed by atoms with Crippen LogP contribution in [0.5, 0.6) is 11.5 Å². The number of aliphatic carboxylic acids is 1. The van der Waals surface area contributed by atoms with Crippen LogP contribution < -0.4 is 9.47 Å². The van der Waals surface area contributed by atoms with Gasteiger partial charge in [-0.25, -0.2) is 4.79 Å². The van der Waals surface area contributed by atoms with E-state index >= 15 is 0 Å². The van der Waals surface area contributed by atoms with Gasteiger partial charge in [0.15, 0.2) is 6.10 Å². The number of carboxylic acid groups (broad SMARTS) is 1. The van der Waals surface area contributed by atoms with Gasteiger partial charge < -0.3 is 14.6 Å². The molecule has 1 unspecified atom stereocenters. The fourth-order valence-corrected chi connectivity index (χ4v) is 2.54. The van der Waals surface area contributed by atoms with Crippen molar-refractivity contribution in [1.29, 1.82) is 0 Å². The first kappa shape index (κ1) is 14.1. The molecule has 1 aliphatic rings. The molecule has 1 atom stereocenters. The van der Waals surface area contributed by atoms with Gasteiger partial charge in [-0.05, 0) is 29.6 Å². The van der Waals surface area contributed by atoms with Gasteiger partial charge in [0.05, 0.1) is 6.61 Å². The van der Waals surface area contributed by atoms with Crippen molar-refractivity contribution in [2.24, 2.45) is 0 Å². The Labute approximate surface area is 117 Å². The van der Waals surface area contributed by atoms with Crippen molar-refractivity contribution in [3.05, 3.63) is 23.8 Å². The van der Waals surface area contributed by atoms with Gasteiger partial charge in [0.1, 0.15) is 11.5 Å². The number of rotatable bonds is 7. The Balaban J connectivity index is 1.85. The first-order chi connectivity index (χ1) is 9.20. The summed E-state index contributed by atoms with van der Waals surface area (Å²) < 4.78 is 11.0. The topological polar surface area (TPSA) is 55.8 Å². The fraction of sp³-hybridized carbons (Fsp3) is 0.500. The fourth-order valence-electron chi connectivity index (χ4n) is 1.93. The van der Waals surface area contributed by atoms with Crippen LogP contribution in [0.1, 0.15) is 18.9 Å². The minimum Gasteiger partial charge on any atom is -0.493 e. The van der Waals surface area contributed by atoms with Crippen molar-refractivity contribution in [3.8, 4) is 11.5 Å². The Morgan fingerprint density at radius 2 is 2.42 bits per heavy atom. The lowest BCUT2D eigenvalue weighted by Gasteiger charge is -2.08. The maximum Gasteiger partial charge on any atom is 0.345 e. The van der Waals surface area contributed by atoms with E-state index in [-0.39, 0.29) is 0 Å². The molecule has 4 nitrogen and oxygen atoms in total. The molecule has 0 amide bonds. The Morgan fingerprint density at radius 3 is 3.16 bits per heavy atom. The number of ether oxygens (including phenoxy) is 2. The molecule has 0 bridgehead atoms. The van der Waals surface area contributed by atoms with Gasteiger partial charge in [0, 0.05) is 12.5 Å². The van der Waals surface area contributed by atoms with Crippen molar-refractivity contribution in [2.75, 3.05) is 18.1 Å². The van der Waals surface area contributed by atoms with Gasteiger partial charge in [0.2, 0.25) is 0 Å². The molecular formula is C14H18O4S. The molecule has 0 saturated carbocycles. The Bertz CT molecular complexity index is 447. The predicted molar refractivity (Wildman–Crippen MR) is 75.3 cm³/mol. The van der Waals surface area contributed by atoms with Crippen LogP contribution in [-0.2, 0) is 11.2 Å². The zero-order chi connectivity index (χ0) is 13.7. The third-order valence-corrected chi connectivity index (χ3v) is 3.88. The van der Waals surface area contributed by atoms with Gasteiger partial charge in [-0.2, -0.15) is 11.8 Å². The number of carbonyl (C=O) groups is 1. The van der Waals surface area contributed by atoms with Crippen molar-refractivity contribution in [3.63, 3.8) is 0 Å². The summed E-state index contributed by atoms with van der Waals surface area (Å²) >= 11 is 1.90. The van der Waals surface area contributed by atoms with Gasteiger partial charge in [-0.15, -0.1) is 0 Å². The normalized spacial score (nSPS) is 16.8. The summed E-state index contributed by atoms with van der Waals surface area (Å²) in [7, 11) is 0. The molecule has 0 radical (unpaired) electrons. The largest absolute Gasteiger partial charge is 0.493 e. The molecule has 104 valence electrons. The Morgan fingerprint density at radius 1 is 1.58 bits per heavy atom. The molecule has 1 aromatic rings. The molecule has 1 heterocycles. The highest BCUT2D eigenvalue weighted by Crippen LogP contribution is 2.32. The molecule has 0 fully saturated rings. The van der Waals surface area contributed by atoms with Crippen LogP contribution in [0.3, 0.4) is 0 Å². The number of fused-ring (bicyclic) bond motifs is 1. The Kier molecular flexibility index (Phi) is 4.96. The van der Waals surface area contributed by atoms with E-state index in [0.717, 1.165) is 29.2 Å². The molecule has 0 aliphatic carbocycles. The lowest BCUT2D eigenvalue weighted by atomic mass is 10.1. The minimum atomic E-state index is -0.921. The molecule has 1 N–H and O–H groups in total. The number of benzene rings is 1. The van der Waals surface area contributed by atoms with E-state index in [2.05, 4.69) is 6.92 Å². The van der Waals surface area contributed by atoms with Crippen LogP contribution in [-0.4, -0.2) is 35.3 Å². The van der Waals surface area contributed by atoms with Crippen molar-refractivity contribution in [1.82, 2.24) is 0 Å². The van der Waals surface area contributed by atoms with Gasteiger partial charge in [-0.1, -0.05) is 13.0 Å². The summed E-state index contributed by atoms with van der Waals surface area (Å²) in [6, 6.07) is 5.54. The van der Waals surface area contributed by atoms with Crippen molar-refractivity contribution >= 4 is 17.7 Å². The van der Waals surface area contributed by atoms with Crippen LogP contribution in [0.2, 0.25) is 0 Å². The third-order valence-electron chi connectivity index (χ3n) is 2.89. The quantitative estimate of drug-likeness (QED) is 0.779. The number of carboxylic acids is 1. The first-order valence-corrected chi connectivity index (χ1v) is 7.59. The second-order valence-corrected chi connectivity index (χ2v) is 5.71. The predicted octanol–water partition coefficient (Wildman–Crippen LogP) is 2.60. The highest BCUT2D eigenvalue weighted by Gasteiger charge is 2.28. The summed E-state index contributed by atoms with van der Waals surface area (Å²) in [5.74, 6) is 2.68. The third kappa shape index (κ3) is 3.80. The highest BCUT2D eigenvalue weighted by atomic mass is 32.2. The van der Waals surface area contributed by atoms with Crippen LogP contribution >= 0.6 is 11.8 Å². The maximum absolute atomic E-state index is 10.9. The van der Waals surface area contributed by atoms with E-state index in [9.17, 15) is 4.79 Å². The maximum atomic E-state index is 10.9. The van der Waals surface area contributed by atoms with Gasteiger partial charge in [0.25, 0.3) is 0 Å². The lowest BCUT2D eigenvalue weighted by Crippen LogP contribution is -2.24. The number of hydrogen-bond donors (Lipinski definition) is 1. The van der Waals surface area contributed by atoms with Crippen molar-refractivity contribution < 1.29 is 19.4 Å².